The second-order valence-electron chi connectivity index (χ2n) is 4.13. The van der Waals surface area contributed by atoms with Crippen molar-refractivity contribution in [1.82, 2.24) is 5.32 Å². The standard InChI is InChI=1S/C12H19N3O/c1-9(2)8-14-12(16)15-11-5-3-10(7-13)4-6-11/h3-6,9H,7-8,13H2,1-2H3,(H2,14,15,16). The van der Waals surface area contributed by atoms with Crippen molar-refractivity contribution in [2.24, 2.45) is 11.7 Å². The zero-order valence-electron chi connectivity index (χ0n) is 9.79. The number of benzene rings is 1. The molecule has 1 rings (SSSR count). The molecule has 0 atom stereocenters. The molecule has 1 aromatic carbocycles. The summed E-state index contributed by atoms with van der Waals surface area (Å²) in [5.41, 5.74) is 7.31. The normalized spacial score (nSPS) is 10.2. The molecule has 0 radical (unpaired) electrons. The lowest BCUT2D eigenvalue weighted by atomic mass is 10.2. The fourth-order valence-electron chi connectivity index (χ4n) is 1.20. The Kier molecular flexibility index (Phi) is 4.79. The molecule has 16 heavy (non-hydrogen) atoms. The summed E-state index contributed by atoms with van der Waals surface area (Å²) in [5, 5.41) is 5.54. The van der Waals surface area contributed by atoms with Crippen molar-refractivity contribution >= 4 is 11.7 Å². The van der Waals surface area contributed by atoms with E-state index in [0.29, 0.717) is 19.0 Å². The Morgan fingerprint density at radius 1 is 1.31 bits per heavy atom. The minimum Gasteiger partial charge on any atom is -0.338 e. The van der Waals surface area contributed by atoms with E-state index in [1.54, 1.807) is 0 Å². The van der Waals surface area contributed by atoms with Crippen molar-refractivity contribution in [3.8, 4) is 0 Å². The summed E-state index contributed by atoms with van der Waals surface area (Å²) < 4.78 is 0. The number of hydrogen-bond acceptors (Lipinski definition) is 2. The molecule has 0 bridgehead atoms. The third-order valence-corrected chi connectivity index (χ3v) is 2.12. The molecule has 0 aromatic heterocycles. The van der Waals surface area contributed by atoms with Gasteiger partial charge in [-0.1, -0.05) is 26.0 Å². The van der Waals surface area contributed by atoms with Gasteiger partial charge in [0.25, 0.3) is 0 Å². The largest absolute Gasteiger partial charge is 0.338 e. The second-order valence-corrected chi connectivity index (χ2v) is 4.13. The number of anilines is 1. The van der Waals surface area contributed by atoms with Crippen LogP contribution in [0.1, 0.15) is 19.4 Å². The molecule has 88 valence electrons. The maximum Gasteiger partial charge on any atom is 0.319 e. The van der Waals surface area contributed by atoms with Gasteiger partial charge in [0.2, 0.25) is 0 Å². The number of nitrogens with two attached hydrogens (primary N) is 1. The lowest BCUT2D eigenvalue weighted by molar-refractivity contribution is 0.251. The maximum atomic E-state index is 11.4. The molecule has 4 N–H and O–H groups in total. The van der Waals surface area contributed by atoms with Crippen LogP contribution in [0, 0.1) is 5.92 Å². The van der Waals surface area contributed by atoms with E-state index in [4.69, 9.17) is 5.73 Å². The van der Waals surface area contributed by atoms with Gasteiger partial charge in [-0.2, -0.15) is 0 Å². The van der Waals surface area contributed by atoms with Gasteiger partial charge in [0.15, 0.2) is 0 Å². The van der Waals surface area contributed by atoms with Gasteiger partial charge < -0.3 is 16.4 Å². The van der Waals surface area contributed by atoms with E-state index < -0.39 is 0 Å². The average Bonchev–Trinajstić information content (AvgIpc) is 2.27. The number of hydrogen-bond donors (Lipinski definition) is 3. The number of urea groups is 1. The summed E-state index contributed by atoms with van der Waals surface area (Å²) in [6.45, 7) is 5.29. The Morgan fingerprint density at radius 3 is 2.44 bits per heavy atom. The Bertz CT molecular complexity index is 333. The molecule has 0 saturated heterocycles. The SMILES string of the molecule is CC(C)CNC(=O)Nc1ccc(CN)cc1. The van der Waals surface area contributed by atoms with Gasteiger partial charge in [0.05, 0.1) is 0 Å². The third-order valence-electron chi connectivity index (χ3n) is 2.12. The van der Waals surface area contributed by atoms with Crippen LogP contribution in [0.5, 0.6) is 0 Å². The summed E-state index contributed by atoms with van der Waals surface area (Å²) in [7, 11) is 0. The molecule has 0 heterocycles. The van der Waals surface area contributed by atoms with Gasteiger partial charge in [0, 0.05) is 18.8 Å². The molecule has 0 fully saturated rings. The Morgan fingerprint density at radius 2 is 1.94 bits per heavy atom. The molecule has 4 heteroatoms. The smallest absolute Gasteiger partial charge is 0.319 e. The third kappa shape index (κ3) is 4.31. The lowest BCUT2D eigenvalue weighted by Crippen LogP contribution is -2.31. The van der Waals surface area contributed by atoms with E-state index in [1.165, 1.54) is 0 Å². The molecule has 0 spiro atoms. The number of rotatable bonds is 4. The summed E-state index contributed by atoms with van der Waals surface area (Å²) in [4.78, 5) is 11.4. The van der Waals surface area contributed by atoms with Crippen molar-refractivity contribution in [1.29, 1.82) is 0 Å². The number of nitrogens with one attached hydrogen (secondary N) is 2. The van der Waals surface area contributed by atoms with Crippen LogP contribution in [-0.2, 0) is 6.54 Å². The summed E-state index contributed by atoms with van der Waals surface area (Å²) in [6.07, 6.45) is 0. The molecule has 0 saturated carbocycles. The molecular formula is C12H19N3O. The lowest BCUT2D eigenvalue weighted by Gasteiger charge is -2.09. The topological polar surface area (TPSA) is 67.2 Å². The Labute approximate surface area is 96.2 Å². The molecule has 2 amide bonds. The van der Waals surface area contributed by atoms with Crippen molar-refractivity contribution in [2.45, 2.75) is 20.4 Å². The van der Waals surface area contributed by atoms with Crippen molar-refractivity contribution in [2.75, 3.05) is 11.9 Å². The summed E-state index contributed by atoms with van der Waals surface area (Å²) >= 11 is 0. The van der Waals surface area contributed by atoms with E-state index in [1.807, 2.05) is 24.3 Å². The number of amides is 2. The van der Waals surface area contributed by atoms with E-state index in [-0.39, 0.29) is 6.03 Å². The minimum atomic E-state index is -0.172. The molecular weight excluding hydrogens is 202 g/mol. The van der Waals surface area contributed by atoms with Crippen LogP contribution in [0.15, 0.2) is 24.3 Å². The van der Waals surface area contributed by atoms with Crippen molar-refractivity contribution in [3.63, 3.8) is 0 Å². The number of carbonyl (C=O) groups is 1. The molecule has 1 aromatic rings. The van der Waals surface area contributed by atoms with Gasteiger partial charge in [-0.25, -0.2) is 4.79 Å². The highest BCUT2D eigenvalue weighted by molar-refractivity contribution is 5.89. The van der Waals surface area contributed by atoms with Gasteiger partial charge >= 0.3 is 6.03 Å². The number of carbonyl (C=O) groups excluding carboxylic acids is 1. The zero-order valence-corrected chi connectivity index (χ0v) is 9.79. The van der Waals surface area contributed by atoms with Crippen LogP contribution in [0.2, 0.25) is 0 Å². The first kappa shape index (κ1) is 12.5. The zero-order chi connectivity index (χ0) is 12.0. The summed E-state index contributed by atoms with van der Waals surface area (Å²) in [6, 6.07) is 7.32. The van der Waals surface area contributed by atoms with E-state index in [0.717, 1.165) is 11.3 Å². The van der Waals surface area contributed by atoms with Crippen LogP contribution < -0.4 is 16.4 Å². The van der Waals surface area contributed by atoms with Crippen LogP contribution in [0.3, 0.4) is 0 Å². The average molecular weight is 221 g/mol. The van der Waals surface area contributed by atoms with Crippen molar-refractivity contribution < 1.29 is 4.79 Å². The van der Waals surface area contributed by atoms with Crippen LogP contribution in [-0.4, -0.2) is 12.6 Å². The van der Waals surface area contributed by atoms with Gasteiger partial charge in [-0.3, -0.25) is 0 Å². The van der Waals surface area contributed by atoms with E-state index in [9.17, 15) is 4.79 Å². The Balaban J connectivity index is 2.43. The quantitative estimate of drug-likeness (QED) is 0.727. The van der Waals surface area contributed by atoms with E-state index in [2.05, 4.69) is 24.5 Å². The second kappa shape index (κ2) is 6.12. The fourth-order valence-corrected chi connectivity index (χ4v) is 1.20. The first-order valence-electron chi connectivity index (χ1n) is 5.45. The van der Waals surface area contributed by atoms with Crippen molar-refractivity contribution in [3.05, 3.63) is 29.8 Å². The van der Waals surface area contributed by atoms with Crippen LogP contribution in [0.25, 0.3) is 0 Å². The highest BCUT2D eigenvalue weighted by atomic mass is 16.2. The monoisotopic (exact) mass is 221 g/mol. The van der Waals surface area contributed by atoms with Crippen LogP contribution in [0.4, 0.5) is 10.5 Å². The first-order chi connectivity index (χ1) is 7.61. The first-order valence-corrected chi connectivity index (χ1v) is 5.45. The highest BCUT2D eigenvalue weighted by Crippen LogP contribution is 2.08. The Hall–Kier alpha value is -1.55. The fraction of sp³-hybridized carbons (Fsp3) is 0.417. The summed E-state index contributed by atoms with van der Waals surface area (Å²) in [5.74, 6) is 0.449. The molecule has 0 aliphatic rings. The minimum absolute atomic E-state index is 0.172. The predicted molar refractivity (Wildman–Crippen MR) is 66.2 cm³/mol. The van der Waals surface area contributed by atoms with E-state index >= 15 is 0 Å². The molecule has 0 unspecified atom stereocenters. The van der Waals surface area contributed by atoms with Gasteiger partial charge in [-0.15, -0.1) is 0 Å². The van der Waals surface area contributed by atoms with Crippen LogP contribution >= 0.6 is 0 Å². The molecule has 0 aliphatic carbocycles. The molecule has 0 aliphatic heterocycles. The van der Waals surface area contributed by atoms with Gasteiger partial charge in [-0.05, 0) is 23.6 Å². The molecule has 4 nitrogen and oxygen atoms in total. The predicted octanol–water partition coefficient (Wildman–Crippen LogP) is 1.92. The van der Waals surface area contributed by atoms with Gasteiger partial charge in [0.1, 0.15) is 0 Å². The highest BCUT2D eigenvalue weighted by Gasteiger charge is 2.01. The maximum absolute atomic E-state index is 11.4.